The number of carbonyl (C=O) groups excluding carboxylic acids is 2. The molecule has 0 unspecified atom stereocenters. The summed E-state index contributed by atoms with van der Waals surface area (Å²) in [6, 6.07) is 10.8. The van der Waals surface area contributed by atoms with Crippen LogP contribution in [-0.4, -0.2) is 25.6 Å². The molecule has 0 aliphatic carbocycles. The van der Waals surface area contributed by atoms with Crippen molar-refractivity contribution in [1.29, 1.82) is 0 Å². The Bertz CT molecular complexity index is 971. The van der Waals surface area contributed by atoms with Crippen molar-refractivity contribution in [3.63, 3.8) is 0 Å². The van der Waals surface area contributed by atoms with Crippen molar-refractivity contribution in [3.8, 4) is 5.75 Å². The van der Waals surface area contributed by atoms with Crippen molar-refractivity contribution in [2.45, 2.75) is 0 Å². The SMILES string of the molecule is COc1ccc(NC(=O)COC(=O)c2sc3cc(F)ccc3c2Cl)cc1. The lowest BCUT2D eigenvalue weighted by atomic mass is 10.2. The Morgan fingerprint density at radius 3 is 2.62 bits per heavy atom. The minimum atomic E-state index is -0.735. The first-order valence-corrected chi connectivity index (χ1v) is 8.66. The van der Waals surface area contributed by atoms with Gasteiger partial charge in [-0.25, -0.2) is 9.18 Å². The molecule has 1 aromatic heterocycles. The van der Waals surface area contributed by atoms with Crippen LogP contribution in [0.3, 0.4) is 0 Å². The fourth-order valence-corrected chi connectivity index (χ4v) is 3.67. The molecule has 2 aromatic carbocycles. The van der Waals surface area contributed by atoms with E-state index in [4.69, 9.17) is 21.1 Å². The molecule has 0 bridgehead atoms. The fourth-order valence-electron chi connectivity index (χ4n) is 2.24. The zero-order valence-corrected chi connectivity index (χ0v) is 15.1. The van der Waals surface area contributed by atoms with Gasteiger partial charge in [-0.05, 0) is 42.5 Å². The fraction of sp³-hybridized carbons (Fsp3) is 0.111. The third-order valence-electron chi connectivity index (χ3n) is 3.49. The maximum Gasteiger partial charge on any atom is 0.350 e. The molecule has 3 aromatic rings. The average Bonchev–Trinajstić information content (AvgIpc) is 2.96. The third kappa shape index (κ3) is 3.95. The van der Waals surface area contributed by atoms with Gasteiger partial charge >= 0.3 is 5.97 Å². The van der Waals surface area contributed by atoms with Crippen molar-refractivity contribution in [2.24, 2.45) is 0 Å². The van der Waals surface area contributed by atoms with Crippen molar-refractivity contribution in [3.05, 3.63) is 58.2 Å². The highest BCUT2D eigenvalue weighted by Crippen LogP contribution is 2.36. The van der Waals surface area contributed by atoms with Crippen LogP contribution in [0.4, 0.5) is 10.1 Å². The first-order valence-electron chi connectivity index (χ1n) is 7.46. The molecule has 0 aliphatic heterocycles. The Morgan fingerprint density at radius 1 is 1.19 bits per heavy atom. The highest BCUT2D eigenvalue weighted by molar-refractivity contribution is 7.21. The van der Waals surface area contributed by atoms with E-state index >= 15 is 0 Å². The molecule has 0 saturated heterocycles. The maximum atomic E-state index is 13.3. The summed E-state index contributed by atoms with van der Waals surface area (Å²) in [5.74, 6) is -0.993. The Hall–Kier alpha value is -2.64. The number of hydrogen-bond acceptors (Lipinski definition) is 5. The van der Waals surface area contributed by atoms with E-state index in [1.165, 1.54) is 18.2 Å². The predicted octanol–water partition coefficient (Wildman–Crippen LogP) is 4.50. The van der Waals surface area contributed by atoms with Gasteiger partial charge in [0.1, 0.15) is 16.4 Å². The number of esters is 1. The van der Waals surface area contributed by atoms with Gasteiger partial charge in [0.05, 0.1) is 12.1 Å². The average molecular weight is 394 g/mol. The van der Waals surface area contributed by atoms with Gasteiger partial charge < -0.3 is 14.8 Å². The van der Waals surface area contributed by atoms with Crippen LogP contribution >= 0.6 is 22.9 Å². The smallest absolute Gasteiger partial charge is 0.350 e. The number of amides is 1. The molecule has 0 radical (unpaired) electrons. The highest BCUT2D eigenvalue weighted by atomic mass is 35.5. The lowest BCUT2D eigenvalue weighted by Crippen LogP contribution is -2.20. The van der Waals surface area contributed by atoms with Crippen molar-refractivity contribution >= 4 is 50.6 Å². The molecule has 26 heavy (non-hydrogen) atoms. The number of benzene rings is 2. The zero-order chi connectivity index (χ0) is 18.7. The molecule has 1 N–H and O–H groups in total. The van der Waals surface area contributed by atoms with Crippen LogP contribution in [0.15, 0.2) is 42.5 Å². The Morgan fingerprint density at radius 2 is 1.92 bits per heavy atom. The maximum absolute atomic E-state index is 13.3. The summed E-state index contributed by atoms with van der Waals surface area (Å²) >= 11 is 7.17. The van der Waals surface area contributed by atoms with Crippen LogP contribution in [0.2, 0.25) is 5.02 Å². The van der Waals surface area contributed by atoms with E-state index in [0.29, 0.717) is 21.5 Å². The molecule has 5 nitrogen and oxygen atoms in total. The summed E-state index contributed by atoms with van der Waals surface area (Å²) in [6.07, 6.45) is 0. The number of methoxy groups -OCH3 is 1. The van der Waals surface area contributed by atoms with Gasteiger partial charge in [0.25, 0.3) is 5.91 Å². The Kier molecular flexibility index (Phi) is 5.39. The number of carbonyl (C=O) groups is 2. The third-order valence-corrected chi connectivity index (χ3v) is 5.12. The van der Waals surface area contributed by atoms with Gasteiger partial charge in [-0.15, -0.1) is 11.3 Å². The van der Waals surface area contributed by atoms with Crippen molar-refractivity contribution in [2.75, 3.05) is 19.0 Å². The second kappa shape index (κ2) is 7.72. The number of nitrogens with one attached hydrogen (secondary N) is 1. The van der Waals surface area contributed by atoms with Gasteiger partial charge in [0.2, 0.25) is 0 Å². The number of anilines is 1. The lowest BCUT2D eigenvalue weighted by Gasteiger charge is -2.07. The lowest BCUT2D eigenvalue weighted by molar-refractivity contribution is -0.119. The van der Waals surface area contributed by atoms with Crippen molar-refractivity contribution < 1.29 is 23.5 Å². The minimum Gasteiger partial charge on any atom is -0.497 e. The number of thiophene rings is 1. The molecule has 3 rings (SSSR count). The van der Waals surface area contributed by atoms with E-state index in [0.717, 1.165) is 11.3 Å². The van der Waals surface area contributed by atoms with E-state index in [9.17, 15) is 14.0 Å². The van der Waals surface area contributed by atoms with E-state index in [-0.39, 0.29) is 9.90 Å². The number of ether oxygens (including phenoxy) is 2. The van der Waals surface area contributed by atoms with Crippen LogP contribution in [0.5, 0.6) is 5.75 Å². The van der Waals surface area contributed by atoms with Crippen LogP contribution in [0.1, 0.15) is 9.67 Å². The molecule has 1 amide bonds. The molecule has 0 fully saturated rings. The first kappa shape index (κ1) is 18.2. The molecule has 0 spiro atoms. The molecule has 1 heterocycles. The summed E-state index contributed by atoms with van der Waals surface area (Å²) in [7, 11) is 1.54. The minimum absolute atomic E-state index is 0.129. The number of fused-ring (bicyclic) bond motifs is 1. The van der Waals surface area contributed by atoms with Gasteiger partial charge in [-0.2, -0.15) is 0 Å². The van der Waals surface area contributed by atoms with Gasteiger partial charge in [-0.1, -0.05) is 11.6 Å². The van der Waals surface area contributed by atoms with Crippen LogP contribution in [0, 0.1) is 5.82 Å². The molecular formula is C18H13ClFNO4S. The Balaban J connectivity index is 1.63. The summed E-state index contributed by atoms with van der Waals surface area (Å²) in [4.78, 5) is 24.2. The van der Waals surface area contributed by atoms with Crippen LogP contribution < -0.4 is 10.1 Å². The second-order valence-electron chi connectivity index (χ2n) is 5.24. The van der Waals surface area contributed by atoms with E-state index in [1.807, 2.05) is 0 Å². The number of halogens is 2. The molecular weight excluding hydrogens is 381 g/mol. The summed E-state index contributed by atoms with van der Waals surface area (Å²) in [6.45, 7) is -0.468. The van der Waals surface area contributed by atoms with Crippen LogP contribution in [-0.2, 0) is 9.53 Å². The van der Waals surface area contributed by atoms with Crippen molar-refractivity contribution in [1.82, 2.24) is 0 Å². The van der Waals surface area contributed by atoms with E-state index in [2.05, 4.69) is 5.32 Å². The molecule has 0 saturated carbocycles. The molecule has 0 atom stereocenters. The van der Waals surface area contributed by atoms with Crippen LogP contribution in [0.25, 0.3) is 10.1 Å². The summed E-state index contributed by atoms with van der Waals surface area (Å²) < 4.78 is 23.8. The standard InChI is InChI=1S/C18H13ClFNO4S/c1-24-12-5-3-11(4-6-12)21-15(22)9-25-18(23)17-16(19)13-7-2-10(20)8-14(13)26-17/h2-8H,9H2,1H3,(H,21,22). The van der Waals surface area contributed by atoms with E-state index < -0.39 is 24.3 Å². The summed E-state index contributed by atoms with van der Waals surface area (Å²) in [5, 5.41) is 3.35. The monoisotopic (exact) mass is 393 g/mol. The van der Waals surface area contributed by atoms with Gasteiger partial charge in [0.15, 0.2) is 6.61 Å². The summed E-state index contributed by atoms with van der Waals surface area (Å²) in [5.41, 5.74) is 0.544. The van der Waals surface area contributed by atoms with E-state index in [1.54, 1.807) is 31.4 Å². The Labute approximate surface area is 157 Å². The predicted molar refractivity (Wildman–Crippen MR) is 98.7 cm³/mol. The number of rotatable bonds is 5. The number of hydrogen-bond donors (Lipinski definition) is 1. The molecule has 134 valence electrons. The topological polar surface area (TPSA) is 64.6 Å². The molecule has 8 heteroatoms. The van der Waals surface area contributed by atoms with Gasteiger partial charge in [-0.3, -0.25) is 4.79 Å². The highest BCUT2D eigenvalue weighted by Gasteiger charge is 2.19. The van der Waals surface area contributed by atoms with Gasteiger partial charge in [0, 0.05) is 15.8 Å². The zero-order valence-electron chi connectivity index (χ0n) is 13.5. The normalized spacial score (nSPS) is 10.6. The molecule has 0 aliphatic rings. The second-order valence-corrected chi connectivity index (χ2v) is 6.67. The largest absolute Gasteiger partial charge is 0.497 e. The quantitative estimate of drug-likeness (QED) is 0.648. The first-order chi connectivity index (χ1) is 12.5.